The Balaban J connectivity index is 1.49. The quantitative estimate of drug-likeness (QED) is 0.908. The first kappa shape index (κ1) is 17.5. The predicted octanol–water partition coefficient (Wildman–Crippen LogP) is 2.07. The molecule has 1 aromatic carbocycles. The van der Waals surface area contributed by atoms with Crippen molar-refractivity contribution in [1.82, 2.24) is 14.4 Å². The highest BCUT2D eigenvalue weighted by Crippen LogP contribution is 2.20. The van der Waals surface area contributed by atoms with E-state index in [0.717, 1.165) is 0 Å². The molecule has 0 radical (unpaired) electrons. The number of anilines is 1. The highest BCUT2D eigenvalue weighted by atomic mass is 35.5. The molecule has 0 aliphatic carbocycles. The Kier molecular flexibility index (Phi) is 5.40. The van der Waals surface area contributed by atoms with Crippen LogP contribution in [0.2, 0.25) is 5.02 Å². The molecule has 0 spiro atoms. The first-order valence-electron chi connectivity index (χ1n) is 8.22. The zero-order chi connectivity index (χ0) is 17.8. The number of carbonyl (C=O) groups excluding carboxylic acids is 2. The summed E-state index contributed by atoms with van der Waals surface area (Å²) in [7, 11) is 1.86. The lowest BCUT2D eigenvalue weighted by atomic mass is 10.2. The second-order valence-corrected chi connectivity index (χ2v) is 6.51. The number of carbonyl (C=O) groups is 2. The lowest BCUT2D eigenvalue weighted by Crippen LogP contribution is -2.50. The summed E-state index contributed by atoms with van der Waals surface area (Å²) >= 11 is 6.05. The minimum absolute atomic E-state index is 0.0349. The summed E-state index contributed by atoms with van der Waals surface area (Å²) in [6, 6.07) is 10.9. The van der Waals surface area contributed by atoms with Gasteiger partial charge in [0.1, 0.15) is 5.69 Å². The van der Waals surface area contributed by atoms with E-state index in [4.69, 9.17) is 11.6 Å². The van der Waals surface area contributed by atoms with Gasteiger partial charge in [0.25, 0.3) is 5.91 Å². The molecule has 1 aliphatic heterocycles. The first-order chi connectivity index (χ1) is 12.0. The molecule has 6 nitrogen and oxygen atoms in total. The number of benzene rings is 1. The Labute approximate surface area is 152 Å². The van der Waals surface area contributed by atoms with E-state index in [9.17, 15) is 9.59 Å². The lowest BCUT2D eigenvalue weighted by Gasteiger charge is -2.34. The third kappa shape index (κ3) is 4.21. The van der Waals surface area contributed by atoms with Gasteiger partial charge < -0.3 is 14.8 Å². The Morgan fingerprint density at radius 2 is 1.80 bits per heavy atom. The maximum atomic E-state index is 12.5. The van der Waals surface area contributed by atoms with Crippen LogP contribution in [0.1, 0.15) is 10.5 Å². The van der Waals surface area contributed by atoms with Crippen LogP contribution >= 0.6 is 11.6 Å². The average Bonchev–Trinajstić information content (AvgIpc) is 3.03. The molecule has 2 heterocycles. The zero-order valence-corrected chi connectivity index (χ0v) is 14.9. The predicted molar refractivity (Wildman–Crippen MR) is 97.8 cm³/mol. The summed E-state index contributed by atoms with van der Waals surface area (Å²) in [6.07, 6.45) is 1.86. The summed E-state index contributed by atoms with van der Waals surface area (Å²) < 4.78 is 1.83. The number of aromatic nitrogens is 1. The van der Waals surface area contributed by atoms with Gasteiger partial charge >= 0.3 is 0 Å². The number of hydrogen-bond donors (Lipinski definition) is 1. The van der Waals surface area contributed by atoms with Crippen molar-refractivity contribution in [2.45, 2.75) is 0 Å². The molecule has 2 aromatic rings. The van der Waals surface area contributed by atoms with Gasteiger partial charge in [-0.3, -0.25) is 14.5 Å². The monoisotopic (exact) mass is 360 g/mol. The van der Waals surface area contributed by atoms with Crippen molar-refractivity contribution in [2.75, 3.05) is 38.0 Å². The molecule has 25 heavy (non-hydrogen) atoms. The van der Waals surface area contributed by atoms with Crippen molar-refractivity contribution >= 4 is 29.1 Å². The molecule has 1 N–H and O–H groups in total. The minimum atomic E-state index is -0.102. The summed E-state index contributed by atoms with van der Waals surface area (Å²) in [5.74, 6) is -0.0667. The molecule has 1 aromatic heterocycles. The number of halogens is 1. The summed E-state index contributed by atoms with van der Waals surface area (Å²) in [5, 5.41) is 3.35. The molecule has 0 unspecified atom stereocenters. The van der Waals surface area contributed by atoms with E-state index < -0.39 is 0 Å². The fraction of sp³-hybridized carbons (Fsp3) is 0.333. The number of para-hydroxylation sites is 1. The molecule has 1 aliphatic rings. The van der Waals surface area contributed by atoms with E-state index in [1.165, 1.54) is 0 Å². The van der Waals surface area contributed by atoms with Gasteiger partial charge in [-0.2, -0.15) is 0 Å². The van der Waals surface area contributed by atoms with Crippen molar-refractivity contribution < 1.29 is 9.59 Å². The molecule has 1 saturated heterocycles. The molecule has 3 rings (SSSR count). The van der Waals surface area contributed by atoms with E-state index in [2.05, 4.69) is 5.32 Å². The van der Waals surface area contributed by atoms with Crippen LogP contribution in [0, 0.1) is 0 Å². The van der Waals surface area contributed by atoms with Crippen molar-refractivity contribution in [1.29, 1.82) is 0 Å². The molecule has 1 fully saturated rings. The lowest BCUT2D eigenvalue weighted by molar-refractivity contribution is -0.117. The average molecular weight is 361 g/mol. The SMILES string of the molecule is Cn1cccc1C(=O)N1CCN(CC(=O)Nc2ccccc2Cl)CC1. The van der Waals surface area contributed by atoms with E-state index >= 15 is 0 Å². The fourth-order valence-corrected chi connectivity index (χ4v) is 3.09. The summed E-state index contributed by atoms with van der Waals surface area (Å²) in [4.78, 5) is 28.5. The van der Waals surface area contributed by atoms with Gasteiger partial charge in [-0.1, -0.05) is 23.7 Å². The number of hydrogen-bond acceptors (Lipinski definition) is 3. The minimum Gasteiger partial charge on any atom is -0.347 e. The van der Waals surface area contributed by atoms with E-state index in [1.807, 2.05) is 51.9 Å². The van der Waals surface area contributed by atoms with Crippen LogP contribution in [0.4, 0.5) is 5.69 Å². The largest absolute Gasteiger partial charge is 0.347 e. The highest BCUT2D eigenvalue weighted by molar-refractivity contribution is 6.33. The number of rotatable bonds is 4. The smallest absolute Gasteiger partial charge is 0.270 e. The van der Waals surface area contributed by atoms with Crippen LogP contribution < -0.4 is 5.32 Å². The molecule has 7 heteroatoms. The number of piperazine rings is 1. The van der Waals surface area contributed by atoms with Crippen LogP contribution in [0.3, 0.4) is 0 Å². The number of aryl methyl sites for hydroxylation is 1. The van der Waals surface area contributed by atoms with Gasteiger partial charge in [0.2, 0.25) is 5.91 Å². The van der Waals surface area contributed by atoms with Crippen molar-refractivity contribution in [2.24, 2.45) is 7.05 Å². The number of amides is 2. The van der Waals surface area contributed by atoms with Gasteiger partial charge in [0.15, 0.2) is 0 Å². The van der Waals surface area contributed by atoms with E-state index in [0.29, 0.717) is 42.6 Å². The zero-order valence-electron chi connectivity index (χ0n) is 14.1. The Hall–Kier alpha value is -2.31. The standard InChI is InChI=1S/C18H21ClN4O2/c1-21-8-4-7-16(21)18(25)23-11-9-22(10-12-23)13-17(24)20-15-6-3-2-5-14(15)19/h2-8H,9-13H2,1H3,(H,20,24). The van der Waals surface area contributed by atoms with Gasteiger partial charge in [-0.25, -0.2) is 0 Å². The summed E-state index contributed by atoms with van der Waals surface area (Å²) in [6.45, 7) is 2.86. The van der Waals surface area contributed by atoms with Crippen LogP contribution in [-0.4, -0.2) is 58.9 Å². The highest BCUT2D eigenvalue weighted by Gasteiger charge is 2.24. The van der Waals surface area contributed by atoms with Crippen LogP contribution in [0.15, 0.2) is 42.6 Å². The Morgan fingerprint density at radius 3 is 2.44 bits per heavy atom. The molecule has 0 atom stereocenters. The van der Waals surface area contributed by atoms with Gasteiger partial charge in [0.05, 0.1) is 17.3 Å². The second-order valence-electron chi connectivity index (χ2n) is 6.10. The second kappa shape index (κ2) is 7.72. The van der Waals surface area contributed by atoms with Crippen LogP contribution in [-0.2, 0) is 11.8 Å². The molecule has 0 saturated carbocycles. The molecular formula is C18H21ClN4O2. The van der Waals surface area contributed by atoms with Crippen molar-refractivity contribution in [3.05, 3.63) is 53.3 Å². The van der Waals surface area contributed by atoms with Gasteiger partial charge in [-0.15, -0.1) is 0 Å². The molecule has 2 amide bonds. The Bertz CT molecular complexity index is 766. The van der Waals surface area contributed by atoms with Gasteiger partial charge in [0, 0.05) is 39.4 Å². The van der Waals surface area contributed by atoms with Crippen LogP contribution in [0.25, 0.3) is 0 Å². The van der Waals surface area contributed by atoms with Crippen molar-refractivity contribution in [3.63, 3.8) is 0 Å². The van der Waals surface area contributed by atoms with Gasteiger partial charge in [-0.05, 0) is 24.3 Å². The maximum Gasteiger partial charge on any atom is 0.270 e. The van der Waals surface area contributed by atoms with E-state index in [1.54, 1.807) is 12.1 Å². The van der Waals surface area contributed by atoms with Crippen molar-refractivity contribution in [3.8, 4) is 0 Å². The molecule has 132 valence electrons. The van der Waals surface area contributed by atoms with Crippen LogP contribution in [0.5, 0.6) is 0 Å². The normalized spacial score (nSPS) is 15.2. The Morgan fingerprint density at radius 1 is 1.08 bits per heavy atom. The third-order valence-corrected chi connectivity index (χ3v) is 4.67. The summed E-state index contributed by atoms with van der Waals surface area (Å²) in [5.41, 5.74) is 1.30. The number of nitrogens with zero attached hydrogens (tertiary/aromatic N) is 3. The molecular weight excluding hydrogens is 340 g/mol. The topological polar surface area (TPSA) is 57.6 Å². The molecule has 0 bridgehead atoms. The first-order valence-corrected chi connectivity index (χ1v) is 8.60. The number of nitrogens with one attached hydrogen (secondary N) is 1. The fourth-order valence-electron chi connectivity index (χ4n) is 2.91. The maximum absolute atomic E-state index is 12.5. The van der Waals surface area contributed by atoms with E-state index in [-0.39, 0.29) is 18.4 Å². The third-order valence-electron chi connectivity index (χ3n) is 4.34.